The summed E-state index contributed by atoms with van der Waals surface area (Å²) in [5.41, 5.74) is -1.38. The van der Waals surface area contributed by atoms with Gasteiger partial charge in [-0.1, -0.05) is 37.8 Å². The van der Waals surface area contributed by atoms with Crippen LogP contribution < -0.4 is 0 Å². The van der Waals surface area contributed by atoms with Crippen molar-refractivity contribution in [3.63, 3.8) is 0 Å². The van der Waals surface area contributed by atoms with Crippen LogP contribution in [0.3, 0.4) is 0 Å². The summed E-state index contributed by atoms with van der Waals surface area (Å²) in [7, 11) is 0. The van der Waals surface area contributed by atoms with Crippen LogP contribution in [-0.4, -0.2) is 5.11 Å². The Hall–Kier alpha value is -1.40. The first kappa shape index (κ1) is 14.0. The van der Waals surface area contributed by atoms with Crippen LogP contribution in [-0.2, 0) is 5.60 Å². The highest BCUT2D eigenvalue weighted by Crippen LogP contribution is 2.48. The molecule has 3 heteroatoms. The summed E-state index contributed by atoms with van der Waals surface area (Å²) in [6.07, 6.45) is 5.56. The van der Waals surface area contributed by atoms with Gasteiger partial charge in [-0.15, -0.1) is 0 Å². The summed E-state index contributed by atoms with van der Waals surface area (Å²) >= 11 is 0. The van der Waals surface area contributed by atoms with Gasteiger partial charge in [0.05, 0.1) is 11.5 Å². The highest BCUT2D eigenvalue weighted by molar-refractivity contribution is 5.28. The van der Waals surface area contributed by atoms with Gasteiger partial charge < -0.3 is 5.11 Å². The van der Waals surface area contributed by atoms with Crippen LogP contribution >= 0.6 is 0 Å². The van der Waals surface area contributed by atoms with Crippen molar-refractivity contribution < 1.29 is 9.50 Å². The zero-order chi connectivity index (χ0) is 13.9. The molecule has 0 heterocycles. The van der Waals surface area contributed by atoms with E-state index < -0.39 is 11.0 Å². The Morgan fingerprint density at radius 1 is 1.16 bits per heavy atom. The minimum Gasteiger partial charge on any atom is -0.384 e. The van der Waals surface area contributed by atoms with E-state index in [-0.39, 0.29) is 5.82 Å². The number of nitrogens with zero attached hydrogens (tertiary/aromatic N) is 1. The lowest BCUT2D eigenvalue weighted by Gasteiger charge is -2.40. The fraction of sp³-hybridized carbons (Fsp3) is 0.562. The molecule has 1 N–H and O–H groups in total. The quantitative estimate of drug-likeness (QED) is 0.821. The topological polar surface area (TPSA) is 44.0 Å². The second-order valence-corrected chi connectivity index (χ2v) is 5.69. The van der Waals surface area contributed by atoms with Crippen molar-refractivity contribution in [3.05, 3.63) is 35.6 Å². The van der Waals surface area contributed by atoms with Gasteiger partial charge >= 0.3 is 0 Å². The molecule has 0 saturated heterocycles. The molecule has 2 rings (SSSR count). The average molecular weight is 261 g/mol. The van der Waals surface area contributed by atoms with Crippen molar-refractivity contribution in [2.24, 2.45) is 5.41 Å². The van der Waals surface area contributed by atoms with Crippen molar-refractivity contribution >= 4 is 0 Å². The van der Waals surface area contributed by atoms with Crippen LogP contribution in [0.2, 0.25) is 0 Å². The van der Waals surface area contributed by atoms with E-state index in [1.807, 2.05) is 0 Å². The lowest BCUT2D eigenvalue weighted by molar-refractivity contribution is -0.0534. The second kappa shape index (κ2) is 5.30. The molecule has 1 fully saturated rings. The van der Waals surface area contributed by atoms with Gasteiger partial charge in [0.1, 0.15) is 11.4 Å². The molecule has 1 aliphatic carbocycles. The largest absolute Gasteiger partial charge is 0.384 e. The first-order valence-electron chi connectivity index (χ1n) is 6.91. The first-order chi connectivity index (χ1) is 9.02. The molecule has 0 aliphatic heterocycles. The molecule has 102 valence electrons. The summed E-state index contributed by atoms with van der Waals surface area (Å²) in [6, 6.07) is 8.21. The Bertz CT molecular complexity index is 465. The third kappa shape index (κ3) is 2.50. The number of nitriles is 1. The van der Waals surface area contributed by atoms with E-state index in [9.17, 15) is 14.8 Å². The van der Waals surface area contributed by atoms with E-state index in [0.717, 1.165) is 25.7 Å². The average Bonchev–Trinajstić information content (AvgIpc) is 2.65. The molecular weight excluding hydrogens is 241 g/mol. The van der Waals surface area contributed by atoms with E-state index in [0.29, 0.717) is 18.4 Å². The number of halogens is 1. The Morgan fingerprint density at radius 3 is 2.16 bits per heavy atom. The summed E-state index contributed by atoms with van der Waals surface area (Å²) < 4.78 is 13.0. The molecule has 0 spiro atoms. The normalized spacial score (nSPS) is 22.0. The molecule has 0 amide bonds. The van der Waals surface area contributed by atoms with E-state index >= 15 is 0 Å². The smallest absolute Gasteiger partial charge is 0.123 e. The van der Waals surface area contributed by atoms with Crippen LogP contribution in [0.4, 0.5) is 4.39 Å². The minimum absolute atomic E-state index is 0.327. The van der Waals surface area contributed by atoms with Gasteiger partial charge in [-0.25, -0.2) is 4.39 Å². The van der Waals surface area contributed by atoms with E-state index in [1.165, 1.54) is 12.1 Å². The van der Waals surface area contributed by atoms with Gasteiger partial charge in [0.25, 0.3) is 0 Å². The van der Waals surface area contributed by atoms with Gasteiger partial charge in [-0.2, -0.15) is 5.26 Å². The van der Waals surface area contributed by atoms with Gasteiger partial charge in [0.2, 0.25) is 0 Å². The van der Waals surface area contributed by atoms with Crippen LogP contribution in [0.25, 0.3) is 0 Å². The molecule has 1 atom stereocenters. The molecule has 1 aromatic rings. The Morgan fingerprint density at radius 2 is 1.68 bits per heavy atom. The molecule has 1 aliphatic rings. The molecular formula is C16H20FNO. The summed E-state index contributed by atoms with van der Waals surface area (Å²) in [4.78, 5) is 0. The summed E-state index contributed by atoms with van der Waals surface area (Å²) in [5.74, 6) is -0.327. The maximum absolute atomic E-state index is 13.0. The maximum atomic E-state index is 13.0. The molecule has 0 radical (unpaired) electrons. The van der Waals surface area contributed by atoms with Crippen molar-refractivity contribution in [1.29, 1.82) is 5.26 Å². The zero-order valence-corrected chi connectivity index (χ0v) is 11.3. The number of aliphatic hydroxyl groups is 1. The first-order valence-corrected chi connectivity index (χ1v) is 6.91. The highest BCUT2D eigenvalue weighted by atomic mass is 19.1. The third-order valence-corrected chi connectivity index (χ3v) is 4.51. The second-order valence-electron chi connectivity index (χ2n) is 5.69. The monoisotopic (exact) mass is 261 g/mol. The van der Waals surface area contributed by atoms with Crippen LogP contribution in [0.1, 0.15) is 51.0 Å². The van der Waals surface area contributed by atoms with Crippen molar-refractivity contribution in [1.82, 2.24) is 0 Å². The Labute approximate surface area is 113 Å². The molecule has 2 nitrogen and oxygen atoms in total. The van der Waals surface area contributed by atoms with Crippen LogP contribution in [0.15, 0.2) is 24.3 Å². The van der Waals surface area contributed by atoms with E-state index in [1.54, 1.807) is 19.1 Å². The van der Waals surface area contributed by atoms with Gasteiger partial charge in [-0.05, 0) is 37.5 Å². The molecule has 19 heavy (non-hydrogen) atoms. The van der Waals surface area contributed by atoms with Crippen molar-refractivity contribution in [2.45, 2.75) is 51.0 Å². The minimum atomic E-state index is -1.24. The van der Waals surface area contributed by atoms with E-state index in [4.69, 9.17) is 0 Å². The van der Waals surface area contributed by atoms with E-state index in [2.05, 4.69) is 6.07 Å². The fourth-order valence-electron chi connectivity index (χ4n) is 3.09. The Kier molecular flexibility index (Phi) is 3.91. The number of hydrogen-bond donors (Lipinski definition) is 1. The van der Waals surface area contributed by atoms with Crippen LogP contribution in [0, 0.1) is 22.6 Å². The predicted octanol–water partition coefficient (Wildman–Crippen LogP) is 3.90. The SMILES string of the molecule is CC(O)(c1ccc(F)cc1)C1(C#N)CCCCCC1. The van der Waals surface area contributed by atoms with Crippen molar-refractivity contribution in [2.75, 3.05) is 0 Å². The number of benzene rings is 1. The third-order valence-electron chi connectivity index (χ3n) is 4.51. The van der Waals surface area contributed by atoms with Gasteiger partial charge in [0, 0.05) is 0 Å². The number of hydrogen-bond acceptors (Lipinski definition) is 2. The maximum Gasteiger partial charge on any atom is 0.123 e. The van der Waals surface area contributed by atoms with Gasteiger partial charge in [-0.3, -0.25) is 0 Å². The summed E-state index contributed by atoms with van der Waals surface area (Å²) in [5, 5.41) is 20.6. The van der Waals surface area contributed by atoms with Crippen LogP contribution in [0.5, 0.6) is 0 Å². The highest BCUT2D eigenvalue weighted by Gasteiger charge is 2.48. The molecule has 1 aromatic carbocycles. The molecule has 1 saturated carbocycles. The molecule has 0 bridgehead atoms. The number of rotatable bonds is 2. The zero-order valence-electron chi connectivity index (χ0n) is 11.3. The predicted molar refractivity (Wildman–Crippen MR) is 71.7 cm³/mol. The molecule has 0 aromatic heterocycles. The summed E-state index contributed by atoms with van der Waals surface area (Å²) in [6.45, 7) is 1.69. The lowest BCUT2D eigenvalue weighted by atomic mass is 9.66. The fourth-order valence-corrected chi connectivity index (χ4v) is 3.09. The Balaban J connectivity index is 2.39. The standard InChI is InChI=1S/C16H20FNO/c1-15(19,13-6-8-14(17)9-7-13)16(12-18)10-4-2-3-5-11-16/h6-9,19H,2-5,10-11H2,1H3. The van der Waals surface area contributed by atoms with Crippen molar-refractivity contribution in [3.8, 4) is 6.07 Å². The van der Waals surface area contributed by atoms with Gasteiger partial charge in [0.15, 0.2) is 0 Å². The molecule has 1 unspecified atom stereocenters. The lowest BCUT2D eigenvalue weighted by Crippen LogP contribution is -2.42.